The molecule has 3 N–H and O–H groups in total. The Kier molecular flexibility index (Phi) is 2.37. The molecular weight excluding hydrogens is 148 g/mol. The van der Waals surface area contributed by atoms with Crippen molar-refractivity contribution in [2.75, 3.05) is 13.1 Å². The molecule has 12 heavy (non-hydrogen) atoms. The average Bonchev–Trinajstić information content (AvgIpc) is 2.78. The van der Waals surface area contributed by atoms with Crippen LogP contribution in [0.5, 0.6) is 0 Å². The van der Waals surface area contributed by atoms with Crippen LogP contribution in [0, 0.1) is 5.92 Å². The fourth-order valence-electron chi connectivity index (χ4n) is 2.21. The Morgan fingerprint density at radius 1 is 1.33 bits per heavy atom. The number of rotatable bonds is 2. The summed E-state index contributed by atoms with van der Waals surface area (Å²) in [4.78, 5) is 0. The minimum absolute atomic E-state index is 0.261. The maximum Gasteiger partial charge on any atom is 0.0158 e. The van der Waals surface area contributed by atoms with Crippen molar-refractivity contribution < 1.29 is 0 Å². The molecule has 1 saturated heterocycles. The molecule has 2 rings (SSSR count). The molecule has 1 aliphatic carbocycles. The van der Waals surface area contributed by atoms with Crippen LogP contribution in [0.25, 0.3) is 0 Å². The van der Waals surface area contributed by atoms with Crippen LogP contribution in [0.2, 0.25) is 0 Å². The van der Waals surface area contributed by atoms with Gasteiger partial charge < -0.3 is 11.1 Å². The van der Waals surface area contributed by atoms with E-state index in [1.165, 1.54) is 51.6 Å². The smallest absolute Gasteiger partial charge is 0.0158 e. The highest BCUT2D eigenvalue weighted by atomic mass is 14.9. The van der Waals surface area contributed by atoms with Gasteiger partial charge in [-0.25, -0.2) is 0 Å². The van der Waals surface area contributed by atoms with Gasteiger partial charge in [0.2, 0.25) is 0 Å². The molecule has 0 aromatic rings. The average molecular weight is 168 g/mol. The van der Waals surface area contributed by atoms with Crippen LogP contribution in [-0.4, -0.2) is 18.6 Å². The van der Waals surface area contributed by atoms with E-state index >= 15 is 0 Å². The van der Waals surface area contributed by atoms with Crippen LogP contribution < -0.4 is 11.1 Å². The van der Waals surface area contributed by atoms with E-state index in [9.17, 15) is 0 Å². The molecule has 1 heterocycles. The zero-order valence-corrected chi connectivity index (χ0v) is 7.81. The van der Waals surface area contributed by atoms with Crippen LogP contribution >= 0.6 is 0 Å². The summed E-state index contributed by atoms with van der Waals surface area (Å²) in [5.41, 5.74) is 6.36. The highest BCUT2D eigenvalue weighted by molar-refractivity contribution is 5.00. The molecule has 0 aromatic carbocycles. The van der Waals surface area contributed by atoms with Crippen molar-refractivity contribution in [3.8, 4) is 0 Å². The van der Waals surface area contributed by atoms with E-state index in [0.717, 1.165) is 5.92 Å². The van der Waals surface area contributed by atoms with E-state index in [1.807, 2.05) is 0 Å². The Morgan fingerprint density at radius 3 is 2.92 bits per heavy atom. The number of hydrogen-bond donors (Lipinski definition) is 2. The van der Waals surface area contributed by atoms with Gasteiger partial charge in [-0.2, -0.15) is 0 Å². The minimum atomic E-state index is 0.261. The highest BCUT2D eigenvalue weighted by Gasteiger charge is 2.39. The van der Waals surface area contributed by atoms with Gasteiger partial charge in [0, 0.05) is 5.54 Å². The van der Waals surface area contributed by atoms with Crippen molar-refractivity contribution in [3.63, 3.8) is 0 Å². The molecule has 70 valence electrons. The first-order valence-electron chi connectivity index (χ1n) is 5.28. The summed E-state index contributed by atoms with van der Waals surface area (Å²) in [5, 5.41) is 3.49. The predicted molar refractivity (Wildman–Crippen MR) is 51.0 cm³/mol. The molecule has 1 unspecified atom stereocenters. The standard InChI is InChI=1S/C10H20N2/c11-10(4-5-10)7-9-3-1-2-6-12-8-9/h9,12H,1-8,11H2. The molecule has 0 aromatic heterocycles. The summed E-state index contributed by atoms with van der Waals surface area (Å²) in [7, 11) is 0. The summed E-state index contributed by atoms with van der Waals surface area (Å²) >= 11 is 0. The molecule has 2 fully saturated rings. The Hall–Kier alpha value is -0.0800. The first kappa shape index (κ1) is 8.52. The van der Waals surface area contributed by atoms with E-state index in [4.69, 9.17) is 5.73 Å². The van der Waals surface area contributed by atoms with Gasteiger partial charge in [-0.05, 0) is 51.1 Å². The third-order valence-electron chi connectivity index (χ3n) is 3.24. The summed E-state index contributed by atoms with van der Waals surface area (Å²) in [5.74, 6) is 0.861. The zero-order valence-electron chi connectivity index (χ0n) is 7.81. The largest absolute Gasteiger partial charge is 0.325 e. The SMILES string of the molecule is NC1(CC2CCCCNC2)CC1. The topological polar surface area (TPSA) is 38.0 Å². The van der Waals surface area contributed by atoms with Gasteiger partial charge >= 0.3 is 0 Å². The third-order valence-corrected chi connectivity index (χ3v) is 3.24. The van der Waals surface area contributed by atoms with E-state index in [2.05, 4.69) is 5.32 Å². The lowest BCUT2D eigenvalue weighted by atomic mass is 9.94. The van der Waals surface area contributed by atoms with E-state index < -0.39 is 0 Å². The van der Waals surface area contributed by atoms with Crippen molar-refractivity contribution in [1.82, 2.24) is 5.32 Å². The van der Waals surface area contributed by atoms with Crippen molar-refractivity contribution in [3.05, 3.63) is 0 Å². The number of nitrogens with one attached hydrogen (secondary N) is 1. The molecule has 0 bridgehead atoms. The molecule has 2 heteroatoms. The normalized spacial score (nSPS) is 34.2. The van der Waals surface area contributed by atoms with Gasteiger partial charge in [0.1, 0.15) is 0 Å². The second kappa shape index (κ2) is 3.35. The van der Waals surface area contributed by atoms with Crippen LogP contribution in [0.1, 0.15) is 38.5 Å². The van der Waals surface area contributed by atoms with Gasteiger partial charge in [-0.3, -0.25) is 0 Å². The lowest BCUT2D eigenvalue weighted by Gasteiger charge is -2.18. The van der Waals surface area contributed by atoms with Gasteiger partial charge in [0.05, 0.1) is 0 Å². The maximum atomic E-state index is 6.10. The summed E-state index contributed by atoms with van der Waals surface area (Å²) in [6.07, 6.45) is 7.95. The monoisotopic (exact) mass is 168 g/mol. The van der Waals surface area contributed by atoms with E-state index in [1.54, 1.807) is 0 Å². The van der Waals surface area contributed by atoms with Gasteiger partial charge in [0.25, 0.3) is 0 Å². The van der Waals surface area contributed by atoms with Crippen molar-refractivity contribution in [2.24, 2.45) is 11.7 Å². The van der Waals surface area contributed by atoms with Crippen LogP contribution in [0.3, 0.4) is 0 Å². The maximum absolute atomic E-state index is 6.10. The quantitative estimate of drug-likeness (QED) is 0.651. The zero-order chi connectivity index (χ0) is 8.44. The molecule has 1 atom stereocenters. The summed E-state index contributed by atoms with van der Waals surface area (Å²) in [6.45, 7) is 2.42. The minimum Gasteiger partial charge on any atom is -0.325 e. The Labute approximate surface area is 74.9 Å². The highest BCUT2D eigenvalue weighted by Crippen LogP contribution is 2.39. The van der Waals surface area contributed by atoms with Crippen molar-refractivity contribution in [2.45, 2.75) is 44.1 Å². The number of hydrogen-bond acceptors (Lipinski definition) is 2. The lowest BCUT2D eigenvalue weighted by molar-refractivity contribution is 0.394. The molecule has 1 aliphatic heterocycles. The molecular formula is C10H20N2. The van der Waals surface area contributed by atoms with E-state index in [0.29, 0.717) is 0 Å². The van der Waals surface area contributed by atoms with Crippen molar-refractivity contribution in [1.29, 1.82) is 0 Å². The Morgan fingerprint density at radius 2 is 2.17 bits per heavy atom. The molecule has 0 amide bonds. The summed E-state index contributed by atoms with van der Waals surface area (Å²) in [6, 6.07) is 0. The third kappa shape index (κ3) is 2.20. The Balaban J connectivity index is 1.77. The summed E-state index contributed by atoms with van der Waals surface area (Å²) < 4.78 is 0. The lowest BCUT2D eigenvalue weighted by Crippen LogP contribution is -2.29. The van der Waals surface area contributed by atoms with Gasteiger partial charge in [-0.15, -0.1) is 0 Å². The molecule has 2 nitrogen and oxygen atoms in total. The van der Waals surface area contributed by atoms with Crippen LogP contribution in [-0.2, 0) is 0 Å². The Bertz CT molecular complexity index is 144. The molecule has 0 spiro atoms. The first-order chi connectivity index (χ1) is 5.79. The van der Waals surface area contributed by atoms with Crippen LogP contribution in [0.4, 0.5) is 0 Å². The number of nitrogens with two attached hydrogens (primary N) is 1. The molecule has 2 aliphatic rings. The fraction of sp³-hybridized carbons (Fsp3) is 1.00. The second-order valence-corrected chi connectivity index (χ2v) is 4.63. The van der Waals surface area contributed by atoms with Crippen molar-refractivity contribution >= 4 is 0 Å². The molecule has 0 radical (unpaired) electrons. The van der Waals surface area contributed by atoms with Gasteiger partial charge in [0.15, 0.2) is 0 Å². The molecule has 1 saturated carbocycles. The van der Waals surface area contributed by atoms with Gasteiger partial charge in [-0.1, -0.05) is 6.42 Å². The second-order valence-electron chi connectivity index (χ2n) is 4.63. The first-order valence-corrected chi connectivity index (χ1v) is 5.28. The van der Waals surface area contributed by atoms with E-state index in [-0.39, 0.29) is 5.54 Å². The fourth-order valence-corrected chi connectivity index (χ4v) is 2.21. The predicted octanol–water partition coefficient (Wildman–Crippen LogP) is 1.26. The van der Waals surface area contributed by atoms with Crippen LogP contribution in [0.15, 0.2) is 0 Å².